The number of aryl methyl sites for hydroxylation is 1. The predicted molar refractivity (Wildman–Crippen MR) is 95.3 cm³/mol. The van der Waals surface area contributed by atoms with Gasteiger partial charge in [0.25, 0.3) is 0 Å². The molecule has 0 unspecified atom stereocenters. The molecule has 1 saturated heterocycles. The summed E-state index contributed by atoms with van der Waals surface area (Å²) in [5.74, 6) is -0.0492. The molecule has 1 aliphatic heterocycles. The molecule has 1 heterocycles. The van der Waals surface area contributed by atoms with E-state index in [4.69, 9.17) is 0 Å². The zero-order chi connectivity index (χ0) is 17.7. The van der Waals surface area contributed by atoms with E-state index in [0.29, 0.717) is 26.1 Å². The van der Waals surface area contributed by atoms with E-state index >= 15 is 0 Å². The Bertz CT molecular complexity index is 649. The first-order valence-electron chi connectivity index (χ1n) is 8.79. The van der Waals surface area contributed by atoms with E-state index in [1.807, 2.05) is 25.7 Å². The molecule has 2 rings (SSSR count). The number of hydrogen-bond acceptors (Lipinski definition) is 3. The number of benzene rings is 1. The normalized spacial score (nSPS) is 18.7. The maximum atomic E-state index is 13.0. The molecular formula is C18H28N2O3S. The minimum absolute atomic E-state index is 0.0492. The number of rotatable bonds is 7. The lowest BCUT2D eigenvalue weighted by Crippen LogP contribution is -2.48. The second-order valence-electron chi connectivity index (χ2n) is 6.41. The summed E-state index contributed by atoms with van der Waals surface area (Å²) in [5.41, 5.74) is 1.01. The summed E-state index contributed by atoms with van der Waals surface area (Å²) in [5, 5.41) is 0. The van der Waals surface area contributed by atoms with Gasteiger partial charge in [0, 0.05) is 19.6 Å². The van der Waals surface area contributed by atoms with Crippen molar-refractivity contribution in [2.45, 2.75) is 57.4 Å². The van der Waals surface area contributed by atoms with E-state index in [1.54, 1.807) is 24.3 Å². The Hall–Kier alpha value is -1.40. The highest BCUT2D eigenvalue weighted by molar-refractivity contribution is 7.89. The van der Waals surface area contributed by atoms with Crippen LogP contribution in [0.3, 0.4) is 0 Å². The van der Waals surface area contributed by atoms with Gasteiger partial charge in [-0.1, -0.05) is 31.5 Å². The van der Waals surface area contributed by atoms with Crippen LogP contribution in [0, 0.1) is 6.92 Å². The van der Waals surface area contributed by atoms with Gasteiger partial charge in [0.2, 0.25) is 15.9 Å². The predicted octanol–water partition coefficient (Wildman–Crippen LogP) is 2.80. The summed E-state index contributed by atoms with van der Waals surface area (Å²) < 4.78 is 27.3. The molecule has 5 nitrogen and oxygen atoms in total. The summed E-state index contributed by atoms with van der Waals surface area (Å²) in [6.45, 7) is 7.77. The Morgan fingerprint density at radius 1 is 1.17 bits per heavy atom. The van der Waals surface area contributed by atoms with Crippen LogP contribution in [-0.2, 0) is 14.8 Å². The van der Waals surface area contributed by atoms with E-state index in [0.717, 1.165) is 24.8 Å². The van der Waals surface area contributed by atoms with E-state index in [1.165, 1.54) is 4.31 Å². The molecule has 0 radical (unpaired) electrons. The minimum atomic E-state index is -3.63. The molecule has 1 amide bonds. The lowest BCUT2D eigenvalue weighted by atomic mass is 10.2. The van der Waals surface area contributed by atoms with Crippen LogP contribution in [0.4, 0.5) is 0 Å². The zero-order valence-corrected chi connectivity index (χ0v) is 15.7. The standard InChI is InChI=1S/C18H28N2O3S/c1-4-12-19(13-5-2)18(21)17-7-6-14-20(17)24(22,23)16-10-8-15(3)9-11-16/h8-11,17H,4-7,12-14H2,1-3H3/t17-/m0/s1. The summed E-state index contributed by atoms with van der Waals surface area (Å²) in [7, 11) is -3.63. The van der Waals surface area contributed by atoms with Crippen LogP contribution in [-0.4, -0.2) is 49.2 Å². The van der Waals surface area contributed by atoms with Crippen LogP contribution in [0.15, 0.2) is 29.2 Å². The van der Waals surface area contributed by atoms with Crippen molar-refractivity contribution in [3.63, 3.8) is 0 Å². The van der Waals surface area contributed by atoms with Gasteiger partial charge in [-0.15, -0.1) is 0 Å². The smallest absolute Gasteiger partial charge is 0.243 e. The third-order valence-electron chi connectivity index (χ3n) is 4.42. The SMILES string of the molecule is CCCN(CCC)C(=O)[C@@H]1CCCN1S(=O)(=O)c1ccc(C)cc1. The molecule has 0 N–H and O–H groups in total. The number of amides is 1. The van der Waals surface area contributed by atoms with E-state index < -0.39 is 16.1 Å². The van der Waals surface area contributed by atoms with Crippen LogP contribution in [0.1, 0.15) is 45.1 Å². The number of carbonyl (C=O) groups excluding carboxylic acids is 1. The molecule has 1 aromatic carbocycles. The van der Waals surface area contributed by atoms with Crippen molar-refractivity contribution in [2.24, 2.45) is 0 Å². The van der Waals surface area contributed by atoms with Crippen LogP contribution in [0.25, 0.3) is 0 Å². The van der Waals surface area contributed by atoms with E-state index in [2.05, 4.69) is 0 Å². The summed E-state index contributed by atoms with van der Waals surface area (Å²) in [4.78, 5) is 15.0. The molecule has 1 fully saturated rings. The number of nitrogens with zero attached hydrogens (tertiary/aromatic N) is 2. The fraction of sp³-hybridized carbons (Fsp3) is 0.611. The summed E-state index contributed by atoms with van der Waals surface area (Å²) >= 11 is 0. The highest BCUT2D eigenvalue weighted by Gasteiger charge is 2.40. The van der Waals surface area contributed by atoms with Gasteiger partial charge in [-0.05, 0) is 44.7 Å². The molecule has 0 bridgehead atoms. The van der Waals surface area contributed by atoms with Crippen molar-refractivity contribution in [1.29, 1.82) is 0 Å². The highest BCUT2D eigenvalue weighted by atomic mass is 32.2. The zero-order valence-electron chi connectivity index (χ0n) is 14.9. The third-order valence-corrected chi connectivity index (χ3v) is 6.34. The van der Waals surface area contributed by atoms with Crippen molar-refractivity contribution in [2.75, 3.05) is 19.6 Å². The van der Waals surface area contributed by atoms with Crippen molar-refractivity contribution in [3.05, 3.63) is 29.8 Å². The molecule has 134 valence electrons. The quantitative estimate of drug-likeness (QED) is 0.758. The molecule has 1 aromatic rings. The van der Waals surface area contributed by atoms with Gasteiger partial charge < -0.3 is 4.90 Å². The van der Waals surface area contributed by atoms with Gasteiger partial charge in [-0.25, -0.2) is 8.42 Å². The molecule has 24 heavy (non-hydrogen) atoms. The molecule has 0 aromatic heterocycles. The number of carbonyl (C=O) groups is 1. The molecule has 1 aliphatic rings. The van der Waals surface area contributed by atoms with Gasteiger partial charge in [-0.3, -0.25) is 4.79 Å². The molecule has 6 heteroatoms. The monoisotopic (exact) mass is 352 g/mol. The first-order chi connectivity index (χ1) is 11.4. The first-order valence-corrected chi connectivity index (χ1v) is 10.2. The van der Waals surface area contributed by atoms with Crippen LogP contribution >= 0.6 is 0 Å². The average Bonchev–Trinajstić information content (AvgIpc) is 3.05. The van der Waals surface area contributed by atoms with Crippen LogP contribution in [0.5, 0.6) is 0 Å². The lowest BCUT2D eigenvalue weighted by Gasteiger charge is -2.29. The second kappa shape index (κ2) is 8.12. The number of hydrogen-bond donors (Lipinski definition) is 0. The summed E-state index contributed by atoms with van der Waals surface area (Å²) in [6, 6.07) is 6.27. The van der Waals surface area contributed by atoms with Crippen molar-refractivity contribution in [1.82, 2.24) is 9.21 Å². The molecule has 0 saturated carbocycles. The first kappa shape index (κ1) is 18.9. The van der Waals surface area contributed by atoms with Crippen LogP contribution < -0.4 is 0 Å². The maximum absolute atomic E-state index is 13.0. The topological polar surface area (TPSA) is 57.7 Å². The Kier molecular flexibility index (Phi) is 6.40. The van der Waals surface area contributed by atoms with Gasteiger partial charge in [0.15, 0.2) is 0 Å². The molecular weight excluding hydrogens is 324 g/mol. The summed E-state index contributed by atoms with van der Waals surface area (Å²) in [6.07, 6.45) is 3.09. The van der Waals surface area contributed by atoms with Crippen molar-refractivity contribution < 1.29 is 13.2 Å². The lowest BCUT2D eigenvalue weighted by molar-refractivity contribution is -0.134. The van der Waals surface area contributed by atoms with Crippen LogP contribution in [0.2, 0.25) is 0 Å². The molecule has 0 spiro atoms. The van der Waals surface area contributed by atoms with Gasteiger partial charge in [0.05, 0.1) is 4.90 Å². The van der Waals surface area contributed by atoms with E-state index in [9.17, 15) is 13.2 Å². The second-order valence-corrected chi connectivity index (χ2v) is 8.30. The Morgan fingerprint density at radius 3 is 2.29 bits per heavy atom. The Labute approximate surface area is 145 Å². The van der Waals surface area contributed by atoms with Crippen molar-refractivity contribution in [3.8, 4) is 0 Å². The maximum Gasteiger partial charge on any atom is 0.243 e. The van der Waals surface area contributed by atoms with Gasteiger partial charge in [0.1, 0.15) is 6.04 Å². The van der Waals surface area contributed by atoms with Crippen molar-refractivity contribution >= 4 is 15.9 Å². The average molecular weight is 353 g/mol. The Morgan fingerprint density at radius 2 is 1.75 bits per heavy atom. The third kappa shape index (κ3) is 3.98. The minimum Gasteiger partial charge on any atom is -0.341 e. The number of sulfonamides is 1. The largest absolute Gasteiger partial charge is 0.341 e. The fourth-order valence-electron chi connectivity index (χ4n) is 3.20. The van der Waals surface area contributed by atoms with Gasteiger partial charge >= 0.3 is 0 Å². The molecule has 0 aliphatic carbocycles. The molecule has 1 atom stereocenters. The highest BCUT2D eigenvalue weighted by Crippen LogP contribution is 2.27. The fourth-order valence-corrected chi connectivity index (χ4v) is 4.85. The van der Waals surface area contributed by atoms with Gasteiger partial charge in [-0.2, -0.15) is 4.31 Å². The Balaban J connectivity index is 2.25. The van der Waals surface area contributed by atoms with E-state index in [-0.39, 0.29) is 10.8 Å².